The van der Waals surface area contributed by atoms with Crippen molar-refractivity contribution in [2.45, 2.75) is 38.0 Å². The Balaban J connectivity index is 1.46. The van der Waals surface area contributed by atoms with Crippen LogP contribution in [0.4, 0.5) is 10.6 Å². The number of rotatable bonds is 7. The van der Waals surface area contributed by atoms with E-state index >= 15 is 0 Å². The number of anilines is 1. The van der Waals surface area contributed by atoms with Gasteiger partial charge in [0, 0.05) is 38.3 Å². The number of pyridine rings is 1. The largest absolute Gasteiger partial charge is 0.465 e. The Kier molecular flexibility index (Phi) is 5.96. The summed E-state index contributed by atoms with van der Waals surface area (Å²) in [6.07, 6.45) is 4.34. The Morgan fingerprint density at radius 3 is 2.62 bits per heavy atom. The molecule has 0 bridgehead atoms. The van der Waals surface area contributed by atoms with Gasteiger partial charge in [-0.3, -0.25) is 9.69 Å². The summed E-state index contributed by atoms with van der Waals surface area (Å²) in [4.78, 5) is 31.1. The molecule has 7 heteroatoms. The number of hydrogen-bond donors (Lipinski definition) is 2. The van der Waals surface area contributed by atoms with Gasteiger partial charge in [0.1, 0.15) is 12.4 Å². The Morgan fingerprint density at radius 2 is 2.00 bits per heavy atom. The predicted octanol–water partition coefficient (Wildman–Crippen LogP) is 2.29. The normalized spacial score (nSPS) is 17.8. The van der Waals surface area contributed by atoms with Crippen LogP contribution in [0.1, 0.15) is 43.7 Å². The van der Waals surface area contributed by atoms with E-state index in [9.17, 15) is 14.7 Å². The Bertz CT molecular complexity index is 639. The zero-order valence-electron chi connectivity index (χ0n) is 15.4. The van der Waals surface area contributed by atoms with E-state index in [4.69, 9.17) is 4.98 Å². The lowest BCUT2D eigenvalue weighted by Gasteiger charge is -2.33. The molecule has 0 atom stereocenters. The van der Waals surface area contributed by atoms with E-state index in [1.54, 1.807) is 0 Å². The Morgan fingerprint density at radius 1 is 1.27 bits per heavy atom. The van der Waals surface area contributed by atoms with Crippen molar-refractivity contribution in [2.24, 2.45) is 5.92 Å². The van der Waals surface area contributed by atoms with Crippen LogP contribution in [0.2, 0.25) is 0 Å². The average molecular weight is 360 g/mol. The monoisotopic (exact) mass is 360 g/mol. The van der Waals surface area contributed by atoms with Crippen molar-refractivity contribution < 1.29 is 14.7 Å². The van der Waals surface area contributed by atoms with E-state index in [1.807, 2.05) is 0 Å². The maximum absolute atomic E-state index is 11.4. The molecule has 1 aromatic heterocycles. The van der Waals surface area contributed by atoms with Crippen molar-refractivity contribution in [3.63, 3.8) is 0 Å². The molecular formula is C19H28N4O3. The van der Waals surface area contributed by atoms with Crippen LogP contribution in [0.15, 0.2) is 18.2 Å². The van der Waals surface area contributed by atoms with Crippen molar-refractivity contribution >= 4 is 17.8 Å². The lowest BCUT2D eigenvalue weighted by atomic mass is 9.93. The van der Waals surface area contributed by atoms with Gasteiger partial charge in [-0.05, 0) is 50.2 Å². The lowest BCUT2D eigenvalue weighted by Crippen LogP contribution is -2.41. The molecule has 2 aliphatic rings. The minimum Gasteiger partial charge on any atom is -0.465 e. The number of carbonyl (C=O) groups excluding carboxylic acids is 1. The summed E-state index contributed by atoms with van der Waals surface area (Å²) in [6, 6.07) is 6.31. The molecule has 2 heterocycles. The molecule has 2 N–H and O–H groups in total. The van der Waals surface area contributed by atoms with Crippen LogP contribution in [0.25, 0.3) is 0 Å². The number of nitrogens with one attached hydrogen (secondary N) is 1. The van der Waals surface area contributed by atoms with Crippen LogP contribution in [0.3, 0.4) is 0 Å². The van der Waals surface area contributed by atoms with E-state index in [2.05, 4.69) is 28.4 Å². The number of nitrogens with zero attached hydrogens (tertiary/aromatic N) is 3. The van der Waals surface area contributed by atoms with Crippen molar-refractivity contribution in [3.05, 3.63) is 23.9 Å². The molecule has 1 aliphatic carbocycles. The second-order valence-corrected chi connectivity index (χ2v) is 7.29. The molecule has 1 aliphatic heterocycles. The first-order chi connectivity index (χ1) is 12.6. The van der Waals surface area contributed by atoms with E-state index in [-0.39, 0.29) is 12.5 Å². The number of carboxylic acid groups (broad SMARTS) is 1. The number of hydrogen-bond acceptors (Lipinski definition) is 4. The third-order valence-electron chi connectivity index (χ3n) is 5.38. The average Bonchev–Trinajstić information content (AvgIpc) is 3.50. The molecule has 1 aromatic rings. The highest BCUT2D eigenvalue weighted by Crippen LogP contribution is 2.39. The smallest absolute Gasteiger partial charge is 0.407 e. The highest BCUT2D eigenvalue weighted by Gasteiger charge is 2.26. The van der Waals surface area contributed by atoms with E-state index in [0.29, 0.717) is 18.4 Å². The van der Waals surface area contributed by atoms with Crippen LogP contribution < -0.4 is 10.2 Å². The third kappa shape index (κ3) is 4.86. The Hall–Kier alpha value is -2.31. The molecule has 0 unspecified atom stereocenters. The number of carbonyl (C=O) groups is 2. The van der Waals surface area contributed by atoms with Gasteiger partial charge in [0.25, 0.3) is 0 Å². The second kappa shape index (κ2) is 8.38. The summed E-state index contributed by atoms with van der Waals surface area (Å²) >= 11 is 0. The van der Waals surface area contributed by atoms with Crippen molar-refractivity contribution in [1.29, 1.82) is 0 Å². The first-order valence-electron chi connectivity index (χ1n) is 9.47. The Labute approximate surface area is 154 Å². The van der Waals surface area contributed by atoms with Crippen molar-refractivity contribution in [3.8, 4) is 0 Å². The number of piperidine rings is 1. The fourth-order valence-corrected chi connectivity index (χ4v) is 3.51. The molecule has 26 heavy (non-hydrogen) atoms. The van der Waals surface area contributed by atoms with Gasteiger partial charge in [-0.15, -0.1) is 0 Å². The molecule has 0 aromatic carbocycles. The molecule has 142 valence electrons. The highest BCUT2D eigenvalue weighted by atomic mass is 16.4. The fraction of sp³-hybridized carbons (Fsp3) is 0.632. The quantitative estimate of drug-likeness (QED) is 0.779. The minimum atomic E-state index is -1.04. The summed E-state index contributed by atoms with van der Waals surface area (Å²) in [5.41, 5.74) is 1.22. The SMILES string of the molecule is CNC(=O)CN(CCC1CCN(c2cccc(C3CC3)n2)CC1)C(=O)O. The summed E-state index contributed by atoms with van der Waals surface area (Å²) in [5, 5.41) is 11.7. The first-order valence-corrected chi connectivity index (χ1v) is 9.47. The summed E-state index contributed by atoms with van der Waals surface area (Å²) < 4.78 is 0. The summed E-state index contributed by atoms with van der Waals surface area (Å²) in [6.45, 7) is 2.22. The molecule has 7 nitrogen and oxygen atoms in total. The maximum Gasteiger partial charge on any atom is 0.407 e. The summed E-state index contributed by atoms with van der Waals surface area (Å²) in [5.74, 6) is 1.95. The van der Waals surface area contributed by atoms with Crippen LogP contribution in [-0.4, -0.2) is 60.2 Å². The van der Waals surface area contributed by atoms with Gasteiger partial charge in [-0.2, -0.15) is 0 Å². The molecule has 0 radical (unpaired) electrons. The topological polar surface area (TPSA) is 85.8 Å². The first kappa shape index (κ1) is 18.5. The van der Waals surface area contributed by atoms with E-state index < -0.39 is 6.09 Å². The second-order valence-electron chi connectivity index (χ2n) is 7.29. The molecule has 2 amide bonds. The van der Waals surface area contributed by atoms with Gasteiger partial charge in [0.2, 0.25) is 5.91 Å². The number of aromatic nitrogens is 1. The zero-order chi connectivity index (χ0) is 18.5. The minimum absolute atomic E-state index is 0.0947. The van der Waals surface area contributed by atoms with Crippen LogP contribution >= 0.6 is 0 Å². The molecule has 1 saturated carbocycles. The van der Waals surface area contributed by atoms with Crippen molar-refractivity contribution in [2.75, 3.05) is 38.1 Å². The lowest BCUT2D eigenvalue weighted by molar-refractivity contribution is -0.121. The molecule has 2 fully saturated rings. The maximum atomic E-state index is 11.4. The van der Waals surface area contributed by atoms with Gasteiger partial charge in [-0.25, -0.2) is 9.78 Å². The molecule has 3 rings (SSSR count). The molecular weight excluding hydrogens is 332 g/mol. The summed E-state index contributed by atoms with van der Waals surface area (Å²) in [7, 11) is 1.52. The van der Waals surface area contributed by atoms with Crippen molar-refractivity contribution in [1.82, 2.24) is 15.2 Å². The highest BCUT2D eigenvalue weighted by molar-refractivity contribution is 5.81. The number of amides is 2. The molecule has 1 saturated heterocycles. The predicted molar refractivity (Wildman–Crippen MR) is 99.4 cm³/mol. The van der Waals surface area contributed by atoms with Gasteiger partial charge in [0.05, 0.1) is 0 Å². The van der Waals surface area contributed by atoms with Gasteiger partial charge in [0.15, 0.2) is 0 Å². The zero-order valence-corrected chi connectivity index (χ0v) is 15.4. The van der Waals surface area contributed by atoms with Gasteiger partial charge in [-0.1, -0.05) is 6.07 Å². The fourth-order valence-electron chi connectivity index (χ4n) is 3.51. The van der Waals surface area contributed by atoms with Gasteiger partial charge < -0.3 is 15.3 Å². The van der Waals surface area contributed by atoms with Crippen LogP contribution in [0.5, 0.6) is 0 Å². The van der Waals surface area contributed by atoms with E-state index in [1.165, 1.54) is 30.5 Å². The van der Waals surface area contributed by atoms with Gasteiger partial charge >= 0.3 is 6.09 Å². The molecule has 0 spiro atoms. The van der Waals surface area contributed by atoms with Crippen LogP contribution in [-0.2, 0) is 4.79 Å². The number of likely N-dealkylation sites (N-methyl/N-ethyl adjacent to an activating group) is 1. The standard InChI is InChI=1S/C19H28N4O3/c1-20-18(24)13-23(19(25)26)12-9-14-7-10-22(11-8-14)17-4-2-3-16(21-17)15-5-6-15/h2-4,14-15H,5-13H2,1H3,(H,20,24)(H,25,26). The van der Waals surface area contributed by atoms with E-state index in [0.717, 1.165) is 38.2 Å². The third-order valence-corrected chi connectivity index (χ3v) is 5.38. The van der Waals surface area contributed by atoms with Crippen LogP contribution in [0, 0.1) is 5.92 Å².